The Kier molecular flexibility index (Phi) is 4.55. The molecular weight excluding hydrogens is 402 g/mol. The molecule has 2 aliphatic rings. The van der Waals surface area contributed by atoms with Crippen LogP contribution < -0.4 is 10.6 Å². The highest BCUT2D eigenvalue weighted by atomic mass is 32.2. The lowest BCUT2D eigenvalue weighted by atomic mass is 10.00. The van der Waals surface area contributed by atoms with Gasteiger partial charge in [-0.2, -0.15) is 5.10 Å². The second-order valence-electron chi connectivity index (χ2n) is 8.12. The molecule has 0 bridgehead atoms. The number of aromatic nitrogens is 3. The molecule has 5 nitrogen and oxygen atoms in total. The summed E-state index contributed by atoms with van der Waals surface area (Å²) in [6.45, 7) is 6.46. The second-order valence-corrected chi connectivity index (χ2v) is 9.20. The van der Waals surface area contributed by atoms with Gasteiger partial charge in [-0.1, -0.05) is 36.5 Å². The molecule has 6 rings (SSSR count). The van der Waals surface area contributed by atoms with Crippen molar-refractivity contribution in [2.24, 2.45) is 0 Å². The minimum atomic E-state index is 0.424. The first-order chi connectivity index (χ1) is 15.3. The van der Waals surface area contributed by atoms with Gasteiger partial charge in [0.1, 0.15) is 0 Å². The number of anilines is 2. The lowest BCUT2D eigenvalue weighted by molar-refractivity contribution is 0.350. The smallest absolute Gasteiger partial charge is 0.158 e. The van der Waals surface area contributed by atoms with E-state index in [4.69, 9.17) is 4.98 Å². The van der Waals surface area contributed by atoms with Crippen molar-refractivity contribution in [2.75, 3.05) is 18.4 Å². The van der Waals surface area contributed by atoms with Crippen LogP contribution in [0.4, 0.5) is 11.4 Å². The Balaban J connectivity index is 1.30. The number of hydrogen-bond donors (Lipinski definition) is 2. The maximum absolute atomic E-state index is 4.78. The van der Waals surface area contributed by atoms with E-state index in [0.29, 0.717) is 6.04 Å². The van der Waals surface area contributed by atoms with Crippen molar-refractivity contribution >= 4 is 39.7 Å². The lowest BCUT2D eigenvalue weighted by Gasteiger charge is -2.23. The van der Waals surface area contributed by atoms with Crippen LogP contribution >= 0.6 is 11.8 Å². The van der Waals surface area contributed by atoms with Gasteiger partial charge in [-0.15, -0.1) is 0 Å². The first-order valence-corrected chi connectivity index (χ1v) is 11.5. The highest BCUT2D eigenvalue weighted by Crippen LogP contribution is 2.45. The van der Waals surface area contributed by atoms with E-state index in [1.807, 2.05) is 12.4 Å². The van der Waals surface area contributed by atoms with E-state index in [2.05, 4.69) is 75.5 Å². The molecule has 0 amide bonds. The van der Waals surface area contributed by atoms with Crippen LogP contribution in [0.3, 0.4) is 0 Å². The Hall–Kier alpha value is -3.09. The van der Waals surface area contributed by atoms with Crippen molar-refractivity contribution < 1.29 is 0 Å². The molecule has 2 aromatic heterocycles. The third-order valence-electron chi connectivity index (χ3n) is 6.14. The number of benzene rings is 2. The summed E-state index contributed by atoms with van der Waals surface area (Å²) in [5.74, 6) is 0. The van der Waals surface area contributed by atoms with Crippen LogP contribution in [0.15, 0.2) is 77.3 Å². The van der Waals surface area contributed by atoms with Crippen molar-refractivity contribution in [1.82, 2.24) is 20.1 Å². The standard InChI is InChI=1S/C25H23N5S/c1-16(17-6-7-24-22(13-17)29-21-4-2-3-5-23(21)31-24)18-12-19-15-28-30(25(19)27-14-18)20-8-10-26-11-9-20/h2-7,12-15,20,26,29H,1,8-11H2. The first-order valence-electron chi connectivity index (χ1n) is 10.7. The van der Waals surface area contributed by atoms with Crippen molar-refractivity contribution in [2.45, 2.75) is 28.7 Å². The zero-order chi connectivity index (χ0) is 20.8. The highest BCUT2D eigenvalue weighted by molar-refractivity contribution is 7.99. The molecule has 1 fully saturated rings. The van der Waals surface area contributed by atoms with E-state index in [1.54, 1.807) is 11.8 Å². The Morgan fingerprint density at radius 2 is 1.81 bits per heavy atom. The number of nitrogens with zero attached hydrogens (tertiary/aromatic N) is 3. The topological polar surface area (TPSA) is 54.8 Å². The fourth-order valence-corrected chi connectivity index (χ4v) is 5.39. The predicted octanol–water partition coefficient (Wildman–Crippen LogP) is 5.63. The molecule has 154 valence electrons. The molecule has 2 aliphatic heterocycles. The molecule has 4 heterocycles. The molecule has 2 N–H and O–H groups in total. The maximum atomic E-state index is 4.78. The summed E-state index contributed by atoms with van der Waals surface area (Å²) in [6, 6.07) is 17.5. The Morgan fingerprint density at radius 1 is 0.968 bits per heavy atom. The van der Waals surface area contributed by atoms with Gasteiger partial charge in [-0.25, -0.2) is 9.67 Å². The van der Waals surface area contributed by atoms with Crippen LogP contribution in [-0.4, -0.2) is 27.9 Å². The summed E-state index contributed by atoms with van der Waals surface area (Å²) < 4.78 is 2.10. The Morgan fingerprint density at radius 3 is 2.71 bits per heavy atom. The molecule has 6 heteroatoms. The molecule has 4 aromatic rings. The van der Waals surface area contributed by atoms with Gasteiger partial charge in [-0.3, -0.25) is 0 Å². The van der Waals surface area contributed by atoms with Crippen LogP contribution in [0.25, 0.3) is 16.6 Å². The van der Waals surface area contributed by atoms with E-state index < -0.39 is 0 Å². The molecule has 0 spiro atoms. The summed E-state index contributed by atoms with van der Waals surface area (Å²) in [7, 11) is 0. The van der Waals surface area contributed by atoms with Crippen molar-refractivity contribution in [3.05, 3.63) is 78.6 Å². The maximum Gasteiger partial charge on any atom is 0.158 e. The van der Waals surface area contributed by atoms with Crippen LogP contribution in [0.5, 0.6) is 0 Å². The van der Waals surface area contributed by atoms with Crippen LogP contribution in [0.2, 0.25) is 0 Å². The van der Waals surface area contributed by atoms with Gasteiger partial charge in [0.05, 0.1) is 23.6 Å². The van der Waals surface area contributed by atoms with Crippen molar-refractivity contribution in [1.29, 1.82) is 0 Å². The molecule has 2 aromatic carbocycles. The molecular formula is C25H23N5S. The quantitative estimate of drug-likeness (QED) is 0.393. The van der Waals surface area contributed by atoms with E-state index in [-0.39, 0.29) is 0 Å². The normalized spacial score (nSPS) is 15.9. The molecule has 31 heavy (non-hydrogen) atoms. The predicted molar refractivity (Wildman–Crippen MR) is 127 cm³/mol. The van der Waals surface area contributed by atoms with Crippen LogP contribution in [-0.2, 0) is 0 Å². The summed E-state index contributed by atoms with van der Waals surface area (Å²) in [5, 5.41) is 12.7. The SMILES string of the molecule is C=C(c1ccc2c(c1)Nc1ccccc1S2)c1cnc2c(cnn2C2CCNCC2)c1. The molecule has 0 unspecified atom stereocenters. The number of nitrogens with one attached hydrogen (secondary N) is 2. The summed E-state index contributed by atoms with van der Waals surface area (Å²) >= 11 is 1.80. The third-order valence-corrected chi connectivity index (χ3v) is 7.29. The minimum Gasteiger partial charge on any atom is -0.354 e. The van der Waals surface area contributed by atoms with Gasteiger partial charge in [0.2, 0.25) is 0 Å². The summed E-state index contributed by atoms with van der Waals surface area (Å²) in [4.78, 5) is 7.26. The number of hydrogen-bond acceptors (Lipinski definition) is 5. The number of fused-ring (bicyclic) bond motifs is 3. The molecule has 1 saturated heterocycles. The highest BCUT2D eigenvalue weighted by Gasteiger charge is 2.19. The van der Waals surface area contributed by atoms with E-state index in [0.717, 1.165) is 65.0 Å². The first kappa shape index (κ1) is 18.7. The second kappa shape index (κ2) is 7.55. The van der Waals surface area contributed by atoms with E-state index >= 15 is 0 Å². The van der Waals surface area contributed by atoms with Crippen molar-refractivity contribution in [3.63, 3.8) is 0 Å². The number of piperidine rings is 1. The molecule has 0 atom stereocenters. The average Bonchev–Trinajstić information content (AvgIpc) is 3.26. The number of para-hydroxylation sites is 1. The van der Waals surface area contributed by atoms with Gasteiger partial charge >= 0.3 is 0 Å². The Labute approximate surface area is 185 Å². The monoisotopic (exact) mass is 425 g/mol. The van der Waals surface area contributed by atoms with Gasteiger partial charge < -0.3 is 10.6 Å². The van der Waals surface area contributed by atoms with Gasteiger partial charge in [-0.05, 0) is 67.4 Å². The van der Waals surface area contributed by atoms with Crippen LogP contribution in [0.1, 0.15) is 30.0 Å². The fourth-order valence-electron chi connectivity index (χ4n) is 4.42. The fraction of sp³-hybridized carbons (Fsp3) is 0.200. The van der Waals surface area contributed by atoms with Crippen molar-refractivity contribution in [3.8, 4) is 0 Å². The largest absolute Gasteiger partial charge is 0.354 e. The number of rotatable bonds is 3. The third kappa shape index (κ3) is 3.32. The summed E-state index contributed by atoms with van der Waals surface area (Å²) in [6.07, 6.45) is 6.05. The molecule has 0 radical (unpaired) electrons. The van der Waals surface area contributed by atoms with Gasteiger partial charge in [0.15, 0.2) is 5.65 Å². The lowest BCUT2D eigenvalue weighted by Crippen LogP contribution is -2.29. The number of pyridine rings is 1. The molecule has 0 saturated carbocycles. The van der Waals surface area contributed by atoms with Crippen LogP contribution in [0, 0.1) is 0 Å². The minimum absolute atomic E-state index is 0.424. The van der Waals surface area contributed by atoms with E-state index in [9.17, 15) is 0 Å². The van der Waals surface area contributed by atoms with Gasteiger partial charge in [0, 0.05) is 26.9 Å². The average molecular weight is 426 g/mol. The molecule has 0 aliphatic carbocycles. The zero-order valence-electron chi connectivity index (χ0n) is 17.1. The van der Waals surface area contributed by atoms with E-state index in [1.165, 1.54) is 9.79 Å². The Bertz CT molecular complexity index is 1300. The van der Waals surface area contributed by atoms with Gasteiger partial charge in [0.25, 0.3) is 0 Å². The summed E-state index contributed by atoms with van der Waals surface area (Å²) in [5.41, 5.74) is 6.33. The zero-order valence-corrected chi connectivity index (χ0v) is 18.0.